The van der Waals surface area contributed by atoms with Gasteiger partial charge in [-0.15, -0.1) is 0 Å². The Morgan fingerprint density at radius 3 is 2.51 bits per heavy atom. The van der Waals surface area contributed by atoms with Gasteiger partial charge in [-0.2, -0.15) is 0 Å². The van der Waals surface area contributed by atoms with Gasteiger partial charge in [0.25, 0.3) is 0 Å². The Hall–Kier alpha value is -2.93. The highest BCUT2D eigenvalue weighted by Crippen LogP contribution is 2.60. The Labute approximate surface area is 251 Å². The summed E-state index contributed by atoms with van der Waals surface area (Å²) in [5.74, 6) is -1.73. The fourth-order valence-electron chi connectivity index (χ4n) is 7.14. The van der Waals surface area contributed by atoms with Crippen LogP contribution in [-0.2, 0) is 44.8 Å². The molecule has 4 N–H and O–H groups in total. The van der Waals surface area contributed by atoms with Crippen molar-refractivity contribution in [1.82, 2.24) is 10.6 Å². The lowest BCUT2D eigenvalue weighted by molar-refractivity contribution is -0.576. The van der Waals surface area contributed by atoms with Crippen LogP contribution in [-0.4, -0.2) is 65.1 Å². The summed E-state index contributed by atoms with van der Waals surface area (Å²) in [7, 11) is 0. The Balaban J connectivity index is 1.01. The van der Waals surface area contributed by atoms with E-state index in [4.69, 9.17) is 24.0 Å². The zero-order valence-corrected chi connectivity index (χ0v) is 25.1. The first-order valence-electron chi connectivity index (χ1n) is 15.4. The maximum absolute atomic E-state index is 12.7. The number of esters is 1. The van der Waals surface area contributed by atoms with E-state index in [-0.39, 0.29) is 60.3 Å². The summed E-state index contributed by atoms with van der Waals surface area (Å²) in [6, 6.07) is 4.53. The highest BCUT2D eigenvalue weighted by molar-refractivity contribution is 5.81. The van der Waals surface area contributed by atoms with Gasteiger partial charge in [-0.05, 0) is 68.6 Å². The van der Waals surface area contributed by atoms with Crippen molar-refractivity contribution < 1.29 is 48.6 Å². The molecular formula is C31H44N2O10. The molecule has 1 saturated carbocycles. The lowest BCUT2D eigenvalue weighted by Gasteiger charge is -2.59. The van der Waals surface area contributed by atoms with E-state index >= 15 is 0 Å². The number of hydrogen-bond donors (Lipinski definition) is 4. The van der Waals surface area contributed by atoms with E-state index in [9.17, 15) is 24.6 Å². The normalized spacial score (nSPS) is 34.5. The molecule has 5 fully saturated rings. The molecule has 12 heteroatoms. The summed E-state index contributed by atoms with van der Waals surface area (Å²) < 4.78 is 18.3. The topological polar surface area (TPSA) is 162 Å². The Bertz CT molecular complexity index is 1200. The number of aromatic hydroxyl groups is 2. The van der Waals surface area contributed by atoms with Crippen molar-refractivity contribution in [2.45, 2.75) is 103 Å². The van der Waals surface area contributed by atoms with Gasteiger partial charge in [0.2, 0.25) is 23.9 Å². The lowest BCUT2D eigenvalue weighted by Crippen LogP contribution is -2.70. The van der Waals surface area contributed by atoms with Crippen LogP contribution in [0, 0.1) is 23.7 Å². The third kappa shape index (κ3) is 6.77. The molecule has 1 spiro atoms. The predicted molar refractivity (Wildman–Crippen MR) is 151 cm³/mol. The molecule has 4 heterocycles. The average molecular weight is 605 g/mol. The second kappa shape index (κ2) is 13.0. The van der Waals surface area contributed by atoms with E-state index in [0.29, 0.717) is 38.3 Å². The molecule has 0 radical (unpaired) electrons. The second-order valence-electron chi connectivity index (χ2n) is 12.6. The number of amides is 2. The van der Waals surface area contributed by atoms with Gasteiger partial charge in [-0.25, -0.2) is 9.78 Å². The molecule has 0 unspecified atom stereocenters. The molecule has 8 atom stereocenters. The SMILES string of the molecule is C[C@@H]1[C@@H](OC(=O)CCC(=O)NCCCC(=O)NCCc2ccc(O)c(O)c2)O[C@H]2O[C@@]3(C)CC[C@H]4[C@H](C)CC[C@@H]1[C@@]24OO3. The number of hydrogen-bond acceptors (Lipinski definition) is 10. The Morgan fingerprint density at radius 2 is 1.72 bits per heavy atom. The second-order valence-corrected chi connectivity index (χ2v) is 12.6. The van der Waals surface area contributed by atoms with Crippen molar-refractivity contribution in [3.63, 3.8) is 0 Å². The van der Waals surface area contributed by atoms with E-state index < -0.39 is 29.9 Å². The van der Waals surface area contributed by atoms with Crippen LogP contribution in [0.5, 0.6) is 11.5 Å². The Morgan fingerprint density at radius 1 is 0.953 bits per heavy atom. The van der Waals surface area contributed by atoms with Crippen LogP contribution in [0.25, 0.3) is 0 Å². The van der Waals surface area contributed by atoms with Gasteiger partial charge in [0.15, 0.2) is 23.4 Å². The molecular weight excluding hydrogens is 560 g/mol. The van der Waals surface area contributed by atoms with Crippen LogP contribution in [0.2, 0.25) is 0 Å². The average Bonchev–Trinajstić information content (AvgIpc) is 3.20. The number of nitrogens with one attached hydrogen (secondary N) is 2. The summed E-state index contributed by atoms with van der Waals surface area (Å²) in [6.07, 6.45) is 3.09. The van der Waals surface area contributed by atoms with E-state index in [1.54, 1.807) is 6.07 Å². The largest absolute Gasteiger partial charge is 0.504 e. The van der Waals surface area contributed by atoms with Crippen molar-refractivity contribution in [1.29, 1.82) is 0 Å². The van der Waals surface area contributed by atoms with Crippen molar-refractivity contribution in [3.8, 4) is 11.5 Å². The number of phenols is 2. The molecule has 4 saturated heterocycles. The van der Waals surface area contributed by atoms with Gasteiger partial charge in [0, 0.05) is 44.2 Å². The zero-order valence-electron chi connectivity index (χ0n) is 25.1. The number of carbonyl (C=O) groups is 3. The summed E-state index contributed by atoms with van der Waals surface area (Å²) in [5.41, 5.74) is 0.0543. The summed E-state index contributed by atoms with van der Waals surface area (Å²) in [4.78, 5) is 49.0. The van der Waals surface area contributed by atoms with Gasteiger partial charge in [-0.1, -0.05) is 19.9 Å². The van der Waals surface area contributed by atoms with Crippen molar-refractivity contribution in [2.24, 2.45) is 23.7 Å². The molecule has 1 aromatic carbocycles. The molecule has 43 heavy (non-hydrogen) atoms. The predicted octanol–water partition coefficient (Wildman–Crippen LogP) is 3.18. The van der Waals surface area contributed by atoms with Crippen LogP contribution in [0.1, 0.15) is 77.7 Å². The molecule has 6 rings (SSSR count). The zero-order chi connectivity index (χ0) is 30.8. The van der Waals surface area contributed by atoms with Gasteiger partial charge in [-0.3, -0.25) is 14.4 Å². The minimum Gasteiger partial charge on any atom is -0.504 e. The number of rotatable bonds is 11. The minimum atomic E-state index is -0.913. The standard InChI is InChI=1S/C31H44N2O10/c1-18-6-8-22-19(2)28(40-29-31(22)21(18)12-14-30(3,41-29)42-43-31)39-27(38)11-10-26(37)32-15-4-5-25(36)33-16-13-20-7-9-23(34)24(35)17-20/h7,9,17-19,21-22,28-29,34-35H,4-6,8,10-16H2,1-3H3,(H,32,37)(H,33,36)/t18-,19+,21+,22+,28+,29+,30-,31-/m1/s1. The fourth-order valence-corrected chi connectivity index (χ4v) is 7.14. The van der Waals surface area contributed by atoms with Gasteiger partial charge in [0.05, 0.1) is 6.42 Å². The third-order valence-corrected chi connectivity index (χ3v) is 9.58. The van der Waals surface area contributed by atoms with Crippen LogP contribution in [0.15, 0.2) is 18.2 Å². The summed E-state index contributed by atoms with van der Waals surface area (Å²) in [6.45, 7) is 6.78. The molecule has 1 aliphatic carbocycles. The van der Waals surface area contributed by atoms with Crippen LogP contribution < -0.4 is 10.6 Å². The molecule has 238 valence electrons. The molecule has 4 aliphatic heterocycles. The monoisotopic (exact) mass is 604 g/mol. The fraction of sp³-hybridized carbons (Fsp3) is 0.710. The lowest BCUT2D eigenvalue weighted by atomic mass is 9.58. The molecule has 5 aliphatic rings. The molecule has 2 amide bonds. The first kappa shape index (κ1) is 31.5. The van der Waals surface area contributed by atoms with Crippen LogP contribution >= 0.6 is 0 Å². The Kier molecular flexibility index (Phi) is 9.50. The van der Waals surface area contributed by atoms with Gasteiger partial charge >= 0.3 is 5.97 Å². The van der Waals surface area contributed by atoms with E-state index in [2.05, 4.69) is 17.6 Å². The van der Waals surface area contributed by atoms with E-state index in [0.717, 1.165) is 24.8 Å². The first-order chi connectivity index (χ1) is 20.5. The number of phenolic OH excluding ortho intramolecular Hbond substituents is 2. The molecule has 2 bridgehead atoms. The number of ether oxygens (including phenoxy) is 3. The van der Waals surface area contributed by atoms with E-state index in [1.807, 2.05) is 13.8 Å². The third-order valence-electron chi connectivity index (χ3n) is 9.58. The number of benzene rings is 1. The summed E-state index contributed by atoms with van der Waals surface area (Å²) in [5, 5.41) is 24.4. The summed E-state index contributed by atoms with van der Waals surface area (Å²) >= 11 is 0. The van der Waals surface area contributed by atoms with Crippen molar-refractivity contribution in [2.75, 3.05) is 13.1 Å². The molecule has 12 nitrogen and oxygen atoms in total. The smallest absolute Gasteiger partial charge is 0.308 e. The van der Waals surface area contributed by atoms with Crippen molar-refractivity contribution >= 4 is 17.8 Å². The maximum atomic E-state index is 12.7. The first-order valence-corrected chi connectivity index (χ1v) is 15.4. The highest BCUT2D eigenvalue weighted by atomic mass is 17.3. The maximum Gasteiger partial charge on any atom is 0.308 e. The minimum absolute atomic E-state index is 0.0342. The number of fused-ring (bicyclic) bond motifs is 2. The highest BCUT2D eigenvalue weighted by Gasteiger charge is 2.69. The molecule has 1 aromatic rings. The van der Waals surface area contributed by atoms with Gasteiger partial charge in [0.1, 0.15) is 0 Å². The van der Waals surface area contributed by atoms with E-state index in [1.165, 1.54) is 12.1 Å². The van der Waals surface area contributed by atoms with Gasteiger partial charge < -0.3 is 35.1 Å². The number of carbonyl (C=O) groups excluding carboxylic acids is 3. The van der Waals surface area contributed by atoms with Crippen LogP contribution in [0.3, 0.4) is 0 Å². The quantitative estimate of drug-likeness (QED) is 0.128. The molecule has 0 aromatic heterocycles. The van der Waals surface area contributed by atoms with Crippen molar-refractivity contribution in [3.05, 3.63) is 23.8 Å². The van der Waals surface area contributed by atoms with Crippen LogP contribution in [0.4, 0.5) is 0 Å².